The van der Waals surface area contributed by atoms with Crippen LogP contribution in [-0.4, -0.2) is 0 Å². The van der Waals surface area contributed by atoms with Crippen molar-refractivity contribution in [2.45, 2.75) is 6.92 Å². The lowest BCUT2D eigenvalue weighted by molar-refractivity contribution is 0.630. The van der Waals surface area contributed by atoms with Crippen LogP contribution in [0.5, 0.6) is 0 Å². The maximum absolute atomic E-state index is 12.8. The van der Waals surface area contributed by atoms with Gasteiger partial charge in [0, 0.05) is 5.69 Å². The van der Waals surface area contributed by atoms with Crippen molar-refractivity contribution in [2.24, 2.45) is 0 Å². The Labute approximate surface area is 76.0 Å². The summed E-state index contributed by atoms with van der Waals surface area (Å²) >= 11 is 0. The van der Waals surface area contributed by atoms with Gasteiger partial charge in [0.2, 0.25) is 0 Å². The van der Waals surface area contributed by atoms with Crippen LogP contribution in [0.2, 0.25) is 0 Å². The van der Waals surface area contributed by atoms with Crippen LogP contribution in [0.4, 0.5) is 10.1 Å². The van der Waals surface area contributed by atoms with Gasteiger partial charge < -0.3 is 5.73 Å². The van der Waals surface area contributed by atoms with Gasteiger partial charge in [0.25, 0.3) is 0 Å². The summed E-state index contributed by atoms with van der Waals surface area (Å²) in [5, 5.41) is 1.87. The molecule has 0 fully saturated rings. The summed E-state index contributed by atoms with van der Waals surface area (Å²) in [6.07, 6.45) is 0. The maximum atomic E-state index is 12.8. The number of aryl methyl sites for hydroxylation is 1. The minimum absolute atomic E-state index is 0.211. The highest BCUT2D eigenvalue weighted by Gasteiger charge is 1.99. The Balaban J connectivity index is 2.81. The highest BCUT2D eigenvalue weighted by atomic mass is 19.1. The number of nitrogens with two attached hydrogens (primary N) is 1. The molecule has 2 rings (SSSR count). The molecule has 0 atom stereocenters. The molecule has 2 aromatic carbocycles. The number of hydrogen-bond donors (Lipinski definition) is 1. The molecule has 1 nitrogen and oxygen atoms in total. The molecular formula is C11H10FN. The van der Waals surface area contributed by atoms with Gasteiger partial charge in [-0.1, -0.05) is 6.07 Å². The van der Waals surface area contributed by atoms with Gasteiger partial charge in [-0.05, 0) is 47.5 Å². The van der Waals surface area contributed by atoms with E-state index in [-0.39, 0.29) is 5.82 Å². The molecule has 0 bridgehead atoms. The van der Waals surface area contributed by atoms with Crippen LogP contribution in [0, 0.1) is 12.7 Å². The number of halogens is 1. The van der Waals surface area contributed by atoms with Crippen LogP contribution >= 0.6 is 0 Å². The average molecular weight is 175 g/mol. The highest BCUT2D eigenvalue weighted by molar-refractivity contribution is 5.86. The summed E-state index contributed by atoms with van der Waals surface area (Å²) < 4.78 is 12.8. The molecule has 0 aliphatic heterocycles. The summed E-state index contributed by atoms with van der Waals surface area (Å²) in [4.78, 5) is 0. The molecule has 66 valence electrons. The molecule has 13 heavy (non-hydrogen) atoms. The van der Waals surface area contributed by atoms with Gasteiger partial charge in [-0.25, -0.2) is 4.39 Å². The predicted octanol–water partition coefficient (Wildman–Crippen LogP) is 2.87. The van der Waals surface area contributed by atoms with Crippen LogP contribution < -0.4 is 5.73 Å². The van der Waals surface area contributed by atoms with Gasteiger partial charge in [0.05, 0.1) is 0 Å². The zero-order valence-corrected chi connectivity index (χ0v) is 7.34. The fraction of sp³-hybridized carbons (Fsp3) is 0.0909. The number of hydrogen-bond acceptors (Lipinski definition) is 1. The Morgan fingerprint density at radius 1 is 1.08 bits per heavy atom. The Hall–Kier alpha value is -1.57. The molecule has 0 aromatic heterocycles. The smallest absolute Gasteiger partial charge is 0.123 e. The molecule has 0 saturated carbocycles. The third kappa shape index (κ3) is 1.35. The predicted molar refractivity (Wildman–Crippen MR) is 53.1 cm³/mol. The number of fused-ring (bicyclic) bond motifs is 1. The van der Waals surface area contributed by atoms with Gasteiger partial charge in [-0.3, -0.25) is 0 Å². The van der Waals surface area contributed by atoms with Crippen LogP contribution in [0.1, 0.15) is 5.56 Å². The molecule has 2 heteroatoms. The molecule has 0 radical (unpaired) electrons. The maximum Gasteiger partial charge on any atom is 0.123 e. The second-order valence-electron chi connectivity index (χ2n) is 3.20. The van der Waals surface area contributed by atoms with Crippen LogP contribution in [-0.2, 0) is 0 Å². The molecule has 0 aliphatic carbocycles. The Bertz CT molecular complexity index is 463. The summed E-state index contributed by atoms with van der Waals surface area (Å²) in [7, 11) is 0. The van der Waals surface area contributed by atoms with Gasteiger partial charge in [0.1, 0.15) is 5.82 Å². The van der Waals surface area contributed by atoms with E-state index >= 15 is 0 Å². The van der Waals surface area contributed by atoms with Crippen LogP contribution in [0.3, 0.4) is 0 Å². The first kappa shape index (κ1) is 8.05. The first-order valence-electron chi connectivity index (χ1n) is 4.12. The molecule has 0 spiro atoms. The lowest BCUT2D eigenvalue weighted by atomic mass is 10.1. The fourth-order valence-electron chi connectivity index (χ4n) is 1.40. The first-order valence-corrected chi connectivity index (χ1v) is 4.12. The molecule has 0 unspecified atom stereocenters. The minimum Gasteiger partial charge on any atom is -0.398 e. The van der Waals surface area contributed by atoms with E-state index < -0.39 is 0 Å². The third-order valence-electron chi connectivity index (χ3n) is 2.19. The summed E-state index contributed by atoms with van der Waals surface area (Å²) in [5.74, 6) is -0.211. The van der Waals surface area contributed by atoms with Crippen molar-refractivity contribution >= 4 is 16.5 Å². The van der Waals surface area contributed by atoms with E-state index in [1.165, 1.54) is 12.1 Å². The molecule has 0 heterocycles. The second kappa shape index (κ2) is 2.73. The van der Waals surface area contributed by atoms with Crippen molar-refractivity contribution in [1.29, 1.82) is 0 Å². The molecule has 2 aromatic rings. The van der Waals surface area contributed by atoms with E-state index in [1.807, 2.05) is 19.1 Å². The zero-order chi connectivity index (χ0) is 9.42. The first-order chi connectivity index (χ1) is 6.16. The highest BCUT2D eigenvalue weighted by Crippen LogP contribution is 2.21. The summed E-state index contributed by atoms with van der Waals surface area (Å²) in [6, 6.07) is 8.46. The SMILES string of the molecule is Cc1cc2cc(F)ccc2cc1N. The standard InChI is InChI=1S/C11H10FN/c1-7-4-9-5-10(12)3-2-8(9)6-11(7)13/h2-6H,13H2,1H3. The third-order valence-corrected chi connectivity index (χ3v) is 2.19. The van der Waals surface area contributed by atoms with Crippen LogP contribution in [0.25, 0.3) is 10.8 Å². The summed E-state index contributed by atoms with van der Waals surface area (Å²) in [6.45, 7) is 1.92. The monoisotopic (exact) mass is 175 g/mol. The molecule has 0 saturated heterocycles. The van der Waals surface area contributed by atoms with Crippen LogP contribution in [0.15, 0.2) is 30.3 Å². The number of nitrogen functional groups attached to an aromatic ring is 1. The van der Waals surface area contributed by atoms with Gasteiger partial charge in [-0.2, -0.15) is 0 Å². The normalized spacial score (nSPS) is 10.6. The lowest BCUT2D eigenvalue weighted by Gasteiger charge is -2.03. The Morgan fingerprint density at radius 3 is 2.62 bits per heavy atom. The van der Waals surface area contributed by atoms with Crippen molar-refractivity contribution in [3.8, 4) is 0 Å². The topological polar surface area (TPSA) is 26.0 Å². The van der Waals surface area contributed by atoms with E-state index in [1.54, 1.807) is 6.07 Å². The number of rotatable bonds is 0. The Kier molecular flexibility index (Phi) is 1.69. The van der Waals surface area contributed by atoms with Crippen molar-refractivity contribution in [3.63, 3.8) is 0 Å². The Morgan fingerprint density at radius 2 is 1.85 bits per heavy atom. The van der Waals surface area contributed by atoms with E-state index in [2.05, 4.69) is 0 Å². The van der Waals surface area contributed by atoms with Crippen molar-refractivity contribution < 1.29 is 4.39 Å². The number of anilines is 1. The fourth-order valence-corrected chi connectivity index (χ4v) is 1.40. The van der Waals surface area contributed by atoms with E-state index in [0.717, 1.165) is 22.0 Å². The lowest BCUT2D eigenvalue weighted by Crippen LogP contribution is -1.89. The molecule has 2 N–H and O–H groups in total. The van der Waals surface area contributed by atoms with Crippen molar-refractivity contribution in [1.82, 2.24) is 0 Å². The van der Waals surface area contributed by atoms with Gasteiger partial charge in [-0.15, -0.1) is 0 Å². The second-order valence-corrected chi connectivity index (χ2v) is 3.20. The largest absolute Gasteiger partial charge is 0.398 e. The van der Waals surface area contributed by atoms with Crippen molar-refractivity contribution in [2.75, 3.05) is 5.73 Å². The van der Waals surface area contributed by atoms with E-state index in [4.69, 9.17) is 5.73 Å². The van der Waals surface area contributed by atoms with Crippen molar-refractivity contribution in [3.05, 3.63) is 41.7 Å². The van der Waals surface area contributed by atoms with Gasteiger partial charge in [0.15, 0.2) is 0 Å². The quantitative estimate of drug-likeness (QED) is 0.612. The molecule has 0 aliphatic rings. The van der Waals surface area contributed by atoms with E-state index in [0.29, 0.717) is 0 Å². The van der Waals surface area contributed by atoms with Gasteiger partial charge >= 0.3 is 0 Å². The molecule has 0 amide bonds. The zero-order valence-electron chi connectivity index (χ0n) is 7.34. The average Bonchev–Trinajstić information content (AvgIpc) is 2.08. The minimum atomic E-state index is -0.211. The number of benzene rings is 2. The van der Waals surface area contributed by atoms with E-state index in [9.17, 15) is 4.39 Å². The molecular weight excluding hydrogens is 165 g/mol. The summed E-state index contributed by atoms with van der Waals surface area (Å²) in [5.41, 5.74) is 7.46.